The summed E-state index contributed by atoms with van der Waals surface area (Å²) < 4.78 is 5.29. The quantitative estimate of drug-likeness (QED) is 0.414. The summed E-state index contributed by atoms with van der Waals surface area (Å²) in [6, 6.07) is 0. The minimum absolute atomic E-state index is 0.452. The van der Waals surface area contributed by atoms with Crippen molar-refractivity contribution in [3.05, 3.63) is 12.7 Å². The van der Waals surface area contributed by atoms with Crippen molar-refractivity contribution in [3.63, 3.8) is 0 Å². The summed E-state index contributed by atoms with van der Waals surface area (Å²) in [6.45, 7) is 6.32. The van der Waals surface area contributed by atoms with Crippen LogP contribution in [0.3, 0.4) is 0 Å². The lowest BCUT2D eigenvalue weighted by molar-refractivity contribution is 0.121. The molecular weight excluding hydrogens is 152 g/mol. The van der Waals surface area contributed by atoms with E-state index in [4.69, 9.17) is 16.2 Å². The van der Waals surface area contributed by atoms with Crippen LogP contribution in [0.15, 0.2) is 12.7 Å². The molecule has 3 nitrogen and oxygen atoms in total. The van der Waals surface area contributed by atoms with Crippen LogP contribution >= 0.6 is 0 Å². The van der Waals surface area contributed by atoms with Crippen LogP contribution in [0.4, 0.5) is 0 Å². The lowest BCUT2D eigenvalue weighted by Crippen LogP contribution is -2.21. The fourth-order valence-corrected chi connectivity index (χ4v) is 0.994. The molecular formula is C9H20N2O. The lowest BCUT2D eigenvalue weighted by atomic mass is 10.1. The van der Waals surface area contributed by atoms with Gasteiger partial charge in [-0.05, 0) is 31.8 Å². The van der Waals surface area contributed by atoms with E-state index in [9.17, 15) is 0 Å². The molecule has 0 aromatic heterocycles. The Kier molecular flexibility index (Phi) is 8.44. The first-order valence-electron chi connectivity index (χ1n) is 4.44. The Morgan fingerprint density at radius 2 is 2.17 bits per heavy atom. The van der Waals surface area contributed by atoms with Crippen molar-refractivity contribution in [3.8, 4) is 0 Å². The number of nitrogens with two attached hydrogens (primary N) is 2. The van der Waals surface area contributed by atoms with Crippen LogP contribution < -0.4 is 11.5 Å². The van der Waals surface area contributed by atoms with E-state index in [1.54, 1.807) is 6.08 Å². The summed E-state index contributed by atoms with van der Waals surface area (Å²) in [5, 5.41) is 0. The Hall–Kier alpha value is -0.380. The molecule has 0 aromatic rings. The summed E-state index contributed by atoms with van der Waals surface area (Å²) in [5.74, 6) is 0.452. The molecule has 0 heterocycles. The molecule has 0 aliphatic heterocycles. The Balaban J connectivity index is 3.32. The molecule has 4 N–H and O–H groups in total. The van der Waals surface area contributed by atoms with Crippen LogP contribution in [0.5, 0.6) is 0 Å². The molecule has 0 bridgehead atoms. The average molecular weight is 172 g/mol. The van der Waals surface area contributed by atoms with Crippen molar-refractivity contribution in [2.45, 2.75) is 12.8 Å². The number of hydrogen-bond donors (Lipinski definition) is 2. The molecule has 0 aliphatic rings. The van der Waals surface area contributed by atoms with E-state index >= 15 is 0 Å². The van der Waals surface area contributed by atoms with Crippen molar-refractivity contribution < 1.29 is 4.74 Å². The normalized spacial score (nSPS) is 12.8. The van der Waals surface area contributed by atoms with Crippen LogP contribution in [-0.4, -0.2) is 26.3 Å². The standard InChI is InChI=1S/C9H20N2O/c1-2-6-12-8-9(7-11)4-3-5-10/h2,9H,1,3-8,10-11H2. The summed E-state index contributed by atoms with van der Waals surface area (Å²) in [5.41, 5.74) is 10.9. The van der Waals surface area contributed by atoms with Crippen LogP contribution in [-0.2, 0) is 4.74 Å². The monoisotopic (exact) mass is 172 g/mol. The van der Waals surface area contributed by atoms with Gasteiger partial charge < -0.3 is 16.2 Å². The zero-order valence-corrected chi connectivity index (χ0v) is 7.67. The van der Waals surface area contributed by atoms with E-state index in [0.717, 1.165) is 26.0 Å². The first-order chi connectivity index (χ1) is 5.85. The lowest BCUT2D eigenvalue weighted by Gasteiger charge is -2.13. The highest BCUT2D eigenvalue weighted by atomic mass is 16.5. The first-order valence-corrected chi connectivity index (χ1v) is 4.44. The van der Waals surface area contributed by atoms with E-state index in [-0.39, 0.29) is 0 Å². The molecule has 0 aliphatic carbocycles. The van der Waals surface area contributed by atoms with E-state index in [2.05, 4.69) is 6.58 Å². The van der Waals surface area contributed by atoms with Gasteiger partial charge in [-0.3, -0.25) is 0 Å². The maximum Gasteiger partial charge on any atom is 0.0644 e. The third-order valence-corrected chi connectivity index (χ3v) is 1.74. The third kappa shape index (κ3) is 6.34. The van der Waals surface area contributed by atoms with Crippen molar-refractivity contribution in [2.24, 2.45) is 17.4 Å². The Bertz CT molecular complexity index is 107. The molecule has 0 amide bonds. The summed E-state index contributed by atoms with van der Waals surface area (Å²) in [7, 11) is 0. The minimum atomic E-state index is 0.452. The van der Waals surface area contributed by atoms with E-state index in [1.165, 1.54) is 0 Å². The molecule has 0 saturated carbocycles. The first kappa shape index (κ1) is 11.6. The SMILES string of the molecule is C=CCOCC(CN)CCCN. The van der Waals surface area contributed by atoms with Gasteiger partial charge in [0.05, 0.1) is 13.2 Å². The predicted octanol–water partition coefficient (Wildman–Crippen LogP) is 0.503. The van der Waals surface area contributed by atoms with E-state index in [0.29, 0.717) is 19.1 Å². The van der Waals surface area contributed by atoms with Gasteiger partial charge in [-0.1, -0.05) is 6.08 Å². The second-order valence-corrected chi connectivity index (χ2v) is 2.86. The molecule has 1 atom stereocenters. The molecule has 12 heavy (non-hydrogen) atoms. The second-order valence-electron chi connectivity index (χ2n) is 2.86. The molecule has 72 valence electrons. The van der Waals surface area contributed by atoms with Gasteiger partial charge in [0.2, 0.25) is 0 Å². The third-order valence-electron chi connectivity index (χ3n) is 1.74. The zero-order chi connectivity index (χ0) is 9.23. The highest BCUT2D eigenvalue weighted by Gasteiger charge is 2.04. The van der Waals surface area contributed by atoms with Crippen LogP contribution in [0.1, 0.15) is 12.8 Å². The topological polar surface area (TPSA) is 61.3 Å². The van der Waals surface area contributed by atoms with Crippen LogP contribution in [0, 0.1) is 5.92 Å². The van der Waals surface area contributed by atoms with Gasteiger partial charge in [-0.2, -0.15) is 0 Å². The highest BCUT2D eigenvalue weighted by molar-refractivity contribution is 4.65. The van der Waals surface area contributed by atoms with Gasteiger partial charge >= 0.3 is 0 Å². The highest BCUT2D eigenvalue weighted by Crippen LogP contribution is 2.04. The Morgan fingerprint density at radius 3 is 2.67 bits per heavy atom. The van der Waals surface area contributed by atoms with Crippen molar-refractivity contribution in [1.29, 1.82) is 0 Å². The van der Waals surface area contributed by atoms with Crippen LogP contribution in [0.25, 0.3) is 0 Å². The number of rotatable bonds is 8. The van der Waals surface area contributed by atoms with Gasteiger partial charge in [0.1, 0.15) is 0 Å². The van der Waals surface area contributed by atoms with Gasteiger partial charge in [0.15, 0.2) is 0 Å². The van der Waals surface area contributed by atoms with Gasteiger partial charge in [0.25, 0.3) is 0 Å². The molecule has 0 aromatic carbocycles. The van der Waals surface area contributed by atoms with E-state index in [1.807, 2.05) is 0 Å². The molecule has 3 heteroatoms. The average Bonchev–Trinajstić information content (AvgIpc) is 2.11. The fraction of sp³-hybridized carbons (Fsp3) is 0.778. The van der Waals surface area contributed by atoms with Crippen molar-refractivity contribution >= 4 is 0 Å². The number of ether oxygens (including phenoxy) is 1. The molecule has 0 rings (SSSR count). The largest absolute Gasteiger partial charge is 0.377 e. The van der Waals surface area contributed by atoms with Crippen LogP contribution in [0.2, 0.25) is 0 Å². The zero-order valence-electron chi connectivity index (χ0n) is 7.67. The predicted molar refractivity (Wildman–Crippen MR) is 51.8 cm³/mol. The minimum Gasteiger partial charge on any atom is -0.377 e. The molecule has 1 unspecified atom stereocenters. The Morgan fingerprint density at radius 1 is 1.42 bits per heavy atom. The summed E-state index contributed by atoms with van der Waals surface area (Å²) >= 11 is 0. The number of hydrogen-bond acceptors (Lipinski definition) is 3. The molecule has 0 spiro atoms. The van der Waals surface area contributed by atoms with Crippen molar-refractivity contribution in [1.82, 2.24) is 0 Å². The summed E-state index contributed by atoms with van der Waals surface area (Å²) in [4.78, 5) is 0. The maximum absolute atomic E-state index is 5.55. The van der Waals surface area contributed by atoms with Gasteiger partial charge in [-0.25, -0.2) is 0 Å². The van der Waals surface area contributed by atoms with Crippen molar-refractivity contribution in [2.75, 3.05) is 26.3 Å². The summed E-state index contributed by atoms with van der Waals surface area (Å²) in [6.07, 6.45) is 3.83. The Labute approximate surface area is 74.8 Å². The second kappa shape index (κ2) is 8.71. The molecule has 0 saturated heterocycles. The van der Waals surface area contributed by atoms with Gasteiger partial charge in [-0.15, -0.1) is 6.58 Å². The fourth-order valence-electron chi connectivity index (χ4n) is 0.994. The maximum atomic E-state index is 5.55. The van der Waals surface area contributed by atoms with E-state index < -0.39 is 0 Å². The molecule has 0 fully saturated rings. The van der Waals surface area contributed by atoms with Gasteiger partial charge in [0, 0.05) is 0 Å². The molecule has 0 radical (unpaired) electrons. The smallest absolute Gasteiger partial charge is 0.0644 e.